The minimum atomic E-state index is -3.62. The summed E-state index contributed by atoms with van der Waals surface area (Å²) in [6, 6.07) is 9.12. The van der Waals surface area contributed by atoms with Gasteiger partial charge in [-0.3, -0.25) is 9.29 Å². The van der Waals surface area contributed by atoms with Crippen LogP contribution in [0, 0.1) is 0 Å². The zero-order chi connectivity index (χ0) is 14.9. The largest absolute Gasteiger partial charge is 0.311 e. The molecule has 0 amide bonds. The Morgan fingerprint density at radius 2 is 2.05 bits per heavy atom. The number of nitrogens with zero attached hydrogens (tertiary/aromatic N) is 2. The Hall–Kier alpha value is -1.44. The van der Waals surface area contributed by atoms with E-state index < -0.39 is 10.0 Å². The Morgan fingerprint density at radius 1 is 1.24 bits per heavy atom. The second-order valence-corrected chi connectivity index (χ2v) is 7.50. The van der Waals surface area contributed by atoms with Gasteiger partial charge in [0.15, 0.2) is 0 Å². The van der Waals surface area contributed by atoms with Crippen LogP contribution in [-0.4, -0.2) is 26.5 Å². The van der Waals surface area contributed by atoms with Gasteiger partial charge in [-0.1, -0.05) is 18.2 Å². The molecule has 1 aromatic carbocycles. The molecule has 1 aliphatic heterocycles. The third-order valence-electron chi connectivity index (χ3n) is 3.34. The van der Waals surface area contributed by atoms with Crippen molar-refractivity contribution in [3.05, 3.63) is 52.8 Å². The number of fused-ring (bicyclic) bond motifs is 1. The molecule has 1 aromatic heterocycles. The van der Waals surface area contributed by atoms with Gasteiger partial charge in [0.1, 0.15) is 4.90 Å². The zero-order valence-corrected chi connectivity index (χ0v) is 13.6. The van der Waals surface area contributed by atoms with E-state index >= 15 is 0 Å². The molecule has 0 radical (unpaired) electrons. The van der Waals surface area contributed by atoms with Crippen LogP contribution >= 0.6 is 15.9 Å². The topological polar surface area (TPSA) is 62.3 Å². The quantitative estimate of drug-likeness (QED) is 0.883. The van der Waals surface area contributed by atoms with Gasteiger partial charge in [-0.2, -0.15) is 0 Å². The monoisotopic (exact) mass is 367 g/mol. The zero-order valence-electron chi connectivity index (χ0n) is 11.2. The van der Waals surface area contributed by atoms with Crippen molar-refractivity contribution >= 4 is 31.6 Å². The van der Waals surface area contributed by atoms with Crippen molar-refractivity contribution in [3.63, 3.8) is 0 Å². The van der Waals surface area contributed by atoms with E-state index in [4.69, 9.17) is 0 Å². The first-order chi connectivity index (χ1) is 10.1. The maximum Gasteiger partial charge on any atom is 0.265 e. The molecule has 1 N–H and O–H groups in total. The highest BCUT2D eigenvalue weighted by atomic mass is 79.9. The lowest BCUT2D eigenvalue weighted by Crippen LogP contribution is -2.34. The van der Waals surface area contributed by atoms with Crippen LogP contribution in [0.4, 0.5) is 5.69 Å². The maximum atomic E-state index is 12.9. The van der Waals surface area contributed by atoms with Crippen molar-refractivity contribution in [1.82, 2.24) is 10.3 Å². The van der Waals surface area contributed by atoms with E-state index in [1.807, 2.05) is 24.3 Å². The first-order valence-corrected chi connectivity index (χ1v) is 8.74. The molecule has 0 unspecified atom stereocenters. The maximum absolute atomic E-state index is 12.9. The van der Waals surface area contributed by atoms with Crippen molar-refractivity contribution in [2.45, 2.75) is 11.4 Å². The Labute approximate surface area is 132 Å². The second kappa shape index (κ2) is 5.75. The van der Waals surface area contributed by atoms with E-state index in [9.17, 15) is 8.42 Å². The van der Waals surface area contributed by atoms with Crippen LogP contribution in [-0.2, 0) is 16.6 Å². The van der Waals surface area contributed by atoms with E-state index in [-0.39, 0.29) is 4.90 Å². The summed E-state index contributed by atoms with van der Waals surface area (Å²) >= 11 is 3.27. The van der Waals surface area contributed by atoms with Gasteiger partial charge >= 0.3 is 0 Å². The van der Waals surface area contributed by atoms with Crippen molar-refractivity contribution < 1.29 is 8.42 Å². The van der Waals surface area contributed by atoms with Gasteiger partial charge in [0.05, 0.1) is 5.69 Å². The summed E-state index contributed by atoms with van der Waals surface area (Å²) in [5, 5.41) is 3.24. The molecule has 0 saturated heterocycles. The number of nitrogens with one attached hydrogen (secondary N) is 1. The summed E-state index contributed by atoms with van der Waals surface area (Å²) in [5.74, 6) is 0. The van der Waals surface area contributed by atoms with Crippen molar-refractivity contribution in [1.29, 1.82) is 0 Å². The Kier molecular flexibility index (Phi) is 3.97. The molecule has 2 aromatic rings. The van der Waals surface area contributed by atoms with Crippen LogP contribution in [0.1, 0.15) is 5.56 Å². The Morgan fingerprint density at radius 3 is 2.86 bits per heavy atom. The third-order valence-corrected chi connectivity index (χ3v) is 5.55. The van der Waals surface area contributed by atoms with Crippen LogP contribution in [0.15, 0.2) is 52.1 Å². The van der Waals surface area contributed by atoms with E-state index in [0.29, 0.717) is 24.1 Å². The number of pyridine rings is 1. The number of aromatic nitrogens is 1. The SMILES string of the molecule is O=S(=O)(c1cncc(Br)c1)N1CCNCc2ccccc21. The summed E-state index contributed by atoms with van der Waals surface area (Å²) in [4.78, 5) is 4.14. The van der Waals surface area contributed by atoms with Crippen LogP contribution in [0.5, 0.6) is 0 Å². The van der Waals surface area contributed by atoms with Crippen LogP contribution in [0.25, 0.3) is 0 Å². The van der Waals surface area contributed by atoms with E-state index in [2.05, 4.69) is 26.2 Å². The van der Waals surface area contributed by atoms with Crippen molar-refractivity contribution in [2.75, 3.05) is 17.4 Å². The molecule has 0 bridgehead atoms. The first kappa shape index (κ1) is 14.5. The number of halogens is 1. The molecule has 0 aliphatic carbocycles. The highest BCUT2D eigenvalue weighted by Crippen LogP contribution is 2.28. The van der Waals surface area contributed by atoms with Crippen LogP contribution < -0.4 is 9.62 Å². The fraction of sp³-hybridized carbons (Fsp3) is 0.214. The Bertz CT molecular complexity index is 764. The summed E-state index contributed by atoms with van der Waals surface area (Å²) in [7, 11) is -3.62. The first-order valence-electron chi connectivity index (χ1n) is 6.51. The van der Waals surface area contributed by atoms with Gasteiger partial charge in [0, 0.05) is 36.5 Å². The van der Waals surface area contributed by atoms with Crippen molar-refractivity contribution in [2.24, 2.45) is 0 Å². The standard InChI is InChI=1S/C14H14BrN3O2S/c15-12-7-13(10-17-9-12)21(19,20)18-6-5-16-8-11-3-1-2-4-14(11)18/h1-4,7,9-10,16H,5-6,8H2. The second-order valence-electron chi connectivity index (χ2n) is 4.72. The summed E-state index contributed by atoms with van der Waals surface area (Å²) in [6.07, 6.45) is 2.94. The number of hydrogen-bond acceptors (Lipinski definition) is 4. The lowest BCUT2D eigenvalue weighted by atomic mass is 10.2. The Balaban J connectivity index is 2.11. The number of para-hydroxylation sites is 1. The number of rotatable bonds is 2. The van der Waals surface area contributed by atoms with Gasteiger partial charge in [-0.25, -0.2) is 8.42 Å². The molecular formula is C14H14BrN3O2S. The van der Waals surface area contributed by atoms with Crippen molar-refractivity contribution in [3.8, 4) is 0 Å². The van der Waals surface area contributed by atoms with Gasteiger partial charge < -0.3 is 5.32 Å². The number of hydrogen-bond donors (Lipinski definition) is 1. The van der Waals surface area contributed by atoms with Gasteiger partial charge in [-0.05, 0) is 33.6 Å². The molecule has 21 heavy (non-hydrogen) atoms. The third kappa shape index (κ3) is 2.81. The number of sulfonamides is 1. The predicted molar refractivity (Wildman–Crippen MR) is 84.6 cm³/mol. The smallest absolute Gasteiger partial charge is 0.265 e. The normalized spacial score (nSPS) is 15.4. The summed E-state index contributed by atoms with van der Waals surface area (Å²) in [5.41, 5.74) is 1.70. The molecule has 1 aliphatic rings. The fourth-order valence-corrected chi connectivity index (χ4v) is 4.35. The van der Waals surface area contributed by atoms with Gasteiger partial charge in [0.2, 0.25) is 0 Å². The minimum absolute atomic E-state index is 0.188. The summed E-state index contributed by atoms with van der Waals surface area (Å²) < 4.78 is 27.9. The summed E-state index contributed by atoms with van der Waals surface area (Å²) in [6.45, 7) is 1.67. The average Bonchev–Trinajstić information content (AvgIpc) is 2.70. The molecule has 7 heteroatoms. The molecule has 0 fully saturated rings. The lowest BCUT2D eigenvalue weighted by molar-refractivity contribution is 0.589. The molecule has 3 rings (SSSR count). The highest BCUT2D eigenvalue weighted by Gasteiger charge is 2.28. The molecule has 0 atom stereocenters. The molecule has 5 nitrogen and oxygen atoms in total. The average molecular weight is 368 g/mol. The van der Waals surface area contributed by atoms with Gasteiger partial charge in [0.25, 0.3) is 10.0 Å². The fourth-order valence-electron chi connectivity index (χ4n) is 2.34. The predicted octanol–water partition coefficient (Wildman–Crippen LogP) is 2.14. The van der Waals surface area contributed by atoms with E-state index in [1.54, 1.807) is 12.3 Å². The van der Waals surface area contributed by atoms with Gasteiger partial charge in [-0.15, -0.1) is 0 Å². The van der Waals surface area contributed by atoms with E-state index in [0.717, 1.165) is 11.3 Å². The lowest BCUT2D eigenvalue weighted by Gasteiger charge is -2.24. The molecule has 0 saturated carbocycles. The molecule has 110 valence electrons. The molecule has 0 spiro atoms. The molecule has 2 heterocycles. The number of benzene rings is 1. The van der Waals surface area contributed by atoms with E-state index in [1.165, 1.54) is 10.5 Å². The van der Waals surface area contributed by atoms with Crippen LogP contribution in [0.3, 0.4) is 0 Å². The minimum Gasteiger partial charge on any atom is -0.311 e. The number of anilines is 1. The van der Waals surface area contributed by atoms with Crippen LogP contribution in [0.2, 0.25) is 0 Å². The highest BCUT2D eigenvalue weighted by molar-refractivity contribution is 9.10. The molecular weight excluding hydrogens is 354 g/mol.